The van der Waals surface area contributed by atoms with Gasteiger partial charge in [-0.15, -0.1) is 0 Å². The highest BCUT2D eigenvalue weighted by Gasteiger charge is 2.38. The Bertz CT molecular complexity index is 1110. The van der Waals surface area contributed by atoms with E-state index in [1.807, 2.05) is 0 Å². The lowest BCUT2D eigenvalue weighted by Gasteiger charge is -2.38. The number of sulfonamides is 1. The van der Waals surface area contributed by atoms with Gasteiger partial charge in [0, 0.05) is 52.0 Å². The number of aryl methyl sites for hydroxylation is 2. The van der Waals surface area contributed by atoms with Gasteiger partial charge in [-0.25, -0.2) is 18.1 Å². The van der Waals surface area contributed by atoms with Crippen LogP contribution in [0, 0.1) is 0 Å². The third kappa shape index (κ3) is 5.34. The van der Waals surface area contributed by atoms with Crippen molar-refractivity contribution in [1.82, 2.24) is 29.1 Å². The van der Waals surface area contributed by atoms with E-state index in [0.29, 0.717) is 12.1 Å². The number of carbonyl (C=O) groups excluding carboxylic acids is 3. The molecule has 0 saturated carbocycles. The summed E-state index contributed by atoms with van der Waals surface area (Å²) in [5.74, 6) is -1.37. The fourth-order valence-electron chi connectivity index (χ4n) is 3.63. The molecule has 0 spiro atoms. The number of piperidine rings is 1. The number of rotatable bonds is 8. The summed E-state index contributed by atoms with van der Waals surface area (Å²) in [6, 6.07) is 1.88. The van der Waals surface area contributed by atoms with Crippen LogP contribution in [0.5, 0.6) is 0 Å². The van der Waals surface area contributed by atoms with Gasteiger partial charge in [0.25, 0.3) is 15.9 Å². The zero-order chi connectivity index (χ0) is 23.5. The smallest absolute Gasteiger partial charge is 0.271 e. The Morgan fingerprint density at radius 2 is 2.03 bits per heavy atom. The molecule has 0 radical (unpaired) electrons. The summed E-state index contributed by atoms with van der Waals surface area (Å²) in [5, 5.41) is 2.49. The first-order valence-electron chi connectivity index (χ1n) is 10.1. The Labute approximate surface area is 185 Å². The fraction of sp³-hybridized carbons (Fsp3) is 0.474. The summed E-state index contributed by atoms with van der Waals surface area (Å²) in [7, 11) is -0.502. The van der Waals surface area contributed by atoms with Crippen molar-refractivity contribution in [2.24, 2.45) is 19.8 Å². The highest BCUT2D eigenvalue weighted by atomic mass is 32.2. The van der Waals surface area contributed by atoms with Crippen molar-refractivity contribution in [3.05, 3.63) is 36.5 Å². The summed E-state index contributed by atoms with van der Waals surface area (Å²) in [6.07, 6.45) is 4.84. The Hall–Kier alpha value is -3.19. The maximum Gasteiger partial charge on any atom is 0.271 e. The van der Waals surface area contributed by atoms with E-state index in [-0.39, 0.29) is 36.9 Å². The van der Waals surface area contributed by atoms with Crippen LogP contribution in [0.15, 0.2) is 35.9 Å². The monoisotopic (exact) mass is 465 g/mol. The molecule has 3 rings (SSSR count). The SMILES string of the molecule is Cn1cnc(S(=O)(=O)NC2CCN(C(=O)c3cccn3C)C(C(=O)NCCC(N)=O)C2)c1. The number of amides is 3. The van der Waals surface area contributed by atoms with E-state index in [2.05, 4.69) is 15.0 Å². The first-order chi connectivity index (χ1) is 15.1. The van der Waals surface area contributed by atoms with Gasteiger partial charge >= 0.3 is 0 Å². The summed E-state index contributed by atoms with van der Waals surface area (Å²) < 4.78 is 31.1. The summed E-state index contributed by atoms with van der Waals surface area (Å²) in [4.78, 5) is 42.3. The molecule has 1 aliphatic heterocycles. The van der Waals surface area contributed by atoms with Crippen LogP contribution < -0.4 is 15.8 Å². The lowest BCUT2D eigenvalue weighted by Crippen LogP contribution is -2.57. The van der Waals surface area contributed by atoms with Crippen LogP contribution >= 0.6 is 0 Å². The maximum absolute atomic E-state index is 13.1. The van der Waals surface area contributed by atoms with Gasteiger partial charge in [-0.05, 0) is 25.0 Å². The summed E-state index contributed by atoms with van der Waals surface area (Å²) in [5.41, 5.74) is 5.53. The van der Waals surface area contributed by atoms with Crippen molar-refractivity contribution in [2.75, 3.05) is 13.1 Å². The molecule has 32 heavy (non-hydrogen) atoms. The molecule has 13 heteroatoms. The van der Waals surface area contributed by atoms with Crippen LogP contribution in [-0.4, -0.2) is 70.3 Å². The van der Waals surface area contributed by atoms with E-state index in [0.717, 1.165) is 0 Å². The quantitative estimate of drug-likeness (QED) is 0.439. The van der Waals surface area contributed by atoms with E-state index in [9.17, 15) is 22.8 Å². The molecular formula is C19H27N7O5S. The average Bonchev–Trinajstić information content (AvgIpc) is 3.35. The molecule has 3 heterocycles. The van der Waals surface area contributed by atoms with Crippen LogP contribution in [0.1, 0.15) is 29.8 Å². The molecule has 2 unspecified atom stereocenters. The first-order valence-corrected chi connectivity index (χ1v) is 11.6. The van der Waals surface area contributed by atoms with E-state index < -0.39 is 33.9 Å². The predicted octanol–water partition coefficient (Wildman–Crippen LogP) is -1.30. The van der Waals surface area contributed by atoms with Crippen molar-refractivity contribution < 1.29 is 22.8 Å². The second kappa shape index (κ2) is 9.53. The summed E-state index contributed by atoms with van der Waals surface area (Å²) >= 11 is 0. The second-order valence-electron chi connectivity index (χ2n) is 7.75. The third-order valence-corrected chi connectivity index (χ3v) is 6.68. The first kappa shape index (κ1) is 23.5. The number of nitrogens with zero attached hydrogens (tertiary/aromatic N) is 4. The van der Waals surface area contributed by atoms with Gasteiger partial charge in [-0.2, -0.15) is 0 Å². The van der Waals surface area contributed by atoms with Gasteiger partial charge in [-0.1, -0.05) is 0 Å². The molecular weight excluding hydrogens is 438 g/mol. The number of carbonyl (C=O) groups is 3. The van der Waals surface area contributed by atoms with Gasteiger partial charge in [-0.3, -0.25) is 14.4 Å². The summed E-state index contributed by atoms with van der Waals surface area (Å²) in [6.45, 7) is 0.203. The van der Waals surface area contributed by atoms with Gasteiger partial charge in [0.2, 0.25) is 11.8 Å². The molecule has 12 nitrogen and oxygen atoms in total. The number of likely N-dealkylation sites (tertiary alicyclic amines) is 1. The van der Waals surface area contributed by atoms with E-state index in [1.54, 1.807) is 37.0 Å². The van der Waals surface area contributed by atoms with E-state index in [4.69, 9.17) is 5.73 Å². The van der Waals surface area contributed by atoms with Gasteiger partial charge in [0.15, 0.2) is 5.03 Å². The molecule has 0 bridgehead atoms. The minimum absolute atomic E-state index is 0.0289. The Balaban J connectivity index is 1.78. The van der Waals surface area contributed by atoms with E-state index >= 15 is 0 Å². The molecule has 0 aliphatic carbocycles. The number of nitrogens with two attached hydrogens (primary N) is 1. The zero-order valence-corrected chi connectivity index (χ0v) is 18.7. The molecule has 2 aromatic rings. The standard InChI is InChI=1S/C19H27N7O5S/c1-24-11-17(22-12-24)32(30,31)23-13-6-9-26(19(29)14-4-3-8-25(14)2)15(10-13)18(28)21-7-5-16(20)27/h3-4,8,11-13,15,23H,5-7,9-10H2,1-2H3,(H2,20,27)(H,21,28). The number of nitrogens with one attached hydrogen (secondary N) is 2. The molecule has 2 atom stereocenters. The Kier molecular flexibility index (Phi) is 6.99. The topological polar surface area (TPSA) is 161 Å². The normalized spacial score (nSPS) is 19.0. The molecule has 4 N–H and O–H groups in total. The Morgan fingerprint density at radius 1 is 1.28 bits per heavy atom. The number of hydrogen-bond acceptors (Lipinski definition) is 6. The molecule has 174 valence electrons. The van der Waals surface area contributed by atoms with Crippen molar-refractivity contribution in [3.63, 3.8) is 0 Å². The van der Waals surface area contributed by atoms with E-state index in [1.165, 1.54) is 22.0 Å². The molecule has 1 saturated heterocycles. The zero-order valence-electron chi connectivity index (χ0n) is 17.9. The minimum Gasteiger partial charge on any atom is -0.370 e. The van der Waals surface area contributed by atoms with Crippen LogP contribution in [0.3, 0.4) is 0 Å². The van der Waals surface area contributed by atoms with Crippen LogP contribution in [0.25, 0.3) is 0 Å². The number of imidazole rings is 1. The highest BCUT2D eigenvalue weighted by Crippen LogP contribution is 2.22. The van der Waals surface area contributed by atoms with Crippen LogP contribution in [-0.2, 0) is 33.7 Å². The lowest BCUT2D eigenvalue weighted by molar-refractivity contribution is -0.127. The molecule has 0 aromatic carbocycles. The number of hydrogen-bond donors (Lipinski definition) is 3. The third-order valence-electron chi connectivity index (χ3n) is 5.28. The van der Waals surface area contributed by atoms with Gasteiger partial charge < -0.3 is 25.1 Å². The van der Waals surface area contributed by atoms with Crippen LogP contribution in [0.4, 0.5) is 0 Å². The van der Waals surface area contributed by atoms with Gasteiger partial charge in [0.1, 0.15) is 11.7 Å². The highest BCUT2D eigenvalue weighted by molar-refractivity contribution is 7.89. The number of primary amides is 1. The molecule has 3 amide bonds. The predicted molar refractivity (Wildman–Crippen MR) is 114 cm³/mol. The van der Waals surface area contributed by atoms with Crippen molar-refractivity contribution >= 4 is 27.7 Å². The maximum atomic E-state index is 13.1. The second-order valence-corrected chi connectivity index (χ2v) is 9.41. The van der Waals surface area contributed by atoms with Crippen LogP contribution in [0.2, 0.25) is 0 Å². The Morgan fingerprint density at radius 3 is 2.62 bits per heavy atom. The van der Waals surface area contributed by atoms with Crippen molar-refractivity contribution in [2.45, 2.75) is 36.4 Å². The molecule has 2 aromatic heterocycles. The largest absolute Gasteiger partial charge is 0.370 e. The minimum atomic E-state index is -3.89. The van der Waals surface area contributed by atoms with Gasteiger partial charge in [0.05, 0.1) is 6.33 Å². The van der Waals surface area contributed by atoms with Crippen molar-refractivity contribution in [3.8, 4) is 0 Å². The number of aromatic nitrogens is 3. The molecule has 1 fully saturated rings. The average molecular weight is 466 g/mol. The van der Waals surface area contributed by atoms with Crippen molar-refractivity contribution in [1.29, 1.82) is 0 Å². The molecule has 1 aliphatic rings. The lowest BCUT2D eigenvalue weighted by atomic mass is 9.96. The fourth-order valence-corrected chi connectivity index (χ4v) is 4.89.